The molecule has 8 heteroatoms. The highest BCUT2D eigenvalue weighted by Gasteiger charge is 2.50. The van der Waals surface area contributed by atoms with Crippen LogP contribution >= 0.6 is 11.6 Å². The molecule has 0 bridgehead atoms. The Labute approximate surface area is 156 Å². The Morgan fingerprint density at radius 3 is 2.62 bits per heavy atom. The van der Waals surface area contributed by atoms with Crippen molar-refractivity contribution in [3.8, 4) is 6.07 Å². The summed E-state index contributed by atoms with van der Waals surface area (Å²) in [5.41, 5.74) is -1.77. The zero-order valence-electron chi connectivity index (χ0n) is 14.3. The van der Waals surface area contributed by atoms with Crippen LogP contribution in [0.15, 0.2) is 24.3 Å². The Balaban J connectivity index is 1.77. The fraction of sp³-hybridized carbons (Fsp3) is 0.444. The predicted octanol–water partition coefficient (Wildman–Crippen LogP) is 2.06. The van der Waals surface area contributed by atoms with Gasteiger partial charge in [-0.05, 0) is 38.7 Å². The van der Waals surface area contributed by atoms with E-state index >= 15 is 0 Å². The van der Waals surface area contributed by atoms with E-state index in [0.29, 0.717) is 23.4 Å². The van der Waals surface area contributed by atoms with Gasteiger partial charge in [0.05, 0.1) is 6.07 Å². The summed E-state index contributed by atoms with van der Waals surface area (Å²) < 4.78 is 0. The molecule has 0 spiro atoms. The van der Waals surface area contributed by atoms with E-state index in [2.05, 4.69) is 16.7 Å². The van der Waals surface area contributed by atoms with Crippen molar-refractivity contribution in [2.75, 3.05) is 6.54 Å². The van der Waals surface area contributed by atoms with Gasteiger partial charge in [0.25, 0.3) is 5.91 Å². The molecule has 7 nitrogen and oxygen atoms in total. The number of rotatable bonds is 4. The van der Waals surface area contributed by atoms with Gasteiger partial charge in [-0.2, -0.15) is 5.26 Å². The average molecular weight is 375 g/mol. The van der Waals surface area contributed by atoms with E-state index in [4.69, 9.17) is 11.6 Å². The average Bonchev–Trinajstić information content (AvgIpc) is 3.15. The molecular weight excluding hydrogens is 356 g/mol. The lowest BCUT2D eigenvalue weighted by atomic mass is 9.92. The van der Waals surface area contributed by atoms with Crippen LogP contribution in [-0.2, 0) is 15.1 Å². The number of amides is 4. The fourth-order valence-electron chi connectivity index (χ4n) is 3.58. The van der Waals surface area contributed by atoms with Crippen molar-refractivity contribution >= 4 is 29.4 Å². The van der Waals surface area contributed by atoms with Gasteiger partial charge in [-0.1, -0.05) is 29.8 Å². The first-order valence-corrected chi connectivity index (χ1v) is 8.80. The molecule has 1 saturated carbocycles. The third kappa shape index (κ3) is 3.01. The van der Waals surface area contributed by atoms with Crippen LogP contribution in [0.4, 0.5) is 4.79 Å². The van der Waals surface area contributed by atoms with Crippen molar-refractivity contribution in [2.45, 2.75) is 43.7 Å². The monoisotopic (exact) mass is 374 g/mol. The van der Waals surface area contributed by atoms with E-state index in [9.17, 15) is 19.6 Å². The van der Waals surface area contributed by atoms with Crippen LogP contribution in [0.25, 0.3) is 0 Å². The molecule has 1 aromatic rings. The number of urea groups is 1. The van der Waals surface area contributed by atoms with Gasteiger partial charge in [0.2, 0.25) is 5.91 Å². The van der Waals surface area contributed by atoms with Gasteiger partial charge in [-0.3, -0.25) is 14.5 Å². The summed E-state index contributed by atoms with van der Waals surface area (Å²) in [5.74, 6) is -1.08. The number of nitrogens with one attached hydrogen (secondary N) is 2. The number of benzene rings is 1. The van der Waals surface area contributed by atoms with Gasteiger partial charge in [0.1, 0.15) is 17.6 Å². The normalized spacial score (nSPS) is 24.3. The molecule has 1 aliphatic heterocycles. The number of hydrogen-bond donors (Lipinski definition) is 2. The van der Waals surface area contributed by atoms with Crippen LogP contribution in [-0.4, -0.2) is 34.8 Å². The molecular formula is C18H19ClN4O3. The maximum Gasteiger partial charge on any atom is 0.325 e. The smallest absolute Gasteiger partial charge is 0.325 e. The third-order valence-corrected chi connectivity index (χ3v) is 5.37. The molecule has 1 aromatic carbocycles. The molecule has 2 aliphatic rings. The van der Waals surface area contributed by atoms with Crippen LogP contribution in [0.2, 0.25) is 5.02 Å². The molecule has 4 amide bonds. The molecule has 0 aromatic heterocycles. The first-order valence-electron chi connectivity index (χ1n) is 8.43. The second kappa shape index (κ2) is 6.61. The van der Waals surface area contributed by atoms with E-state index in [0.717, 1.165) is 17.7 Å². The quantitative estimate of drug-likeness (QED) is 0.787. The third-order valence-electron chi connectivity index (χ3n) is 5.04. The largest absolute Gasteiger partial charge is 0.336 e. The maximum absolute atomic E-state index is 12.9. The highest BCUT2D eigenvalue weighted by Crippen LogP contribution is 2.33. The van der Waals surface area contributed by atoms with E-state index in [1.165, 1.54) is 0 Å². The number of carbonyl (C=O) groups is 3. The summed E-state index contributed by atoms with van der Waals surface area (Å²) in [7, 11) is 0. The van der Waals surface area contributed by atoms with Crippen LogP contribution < -0.4 is 10.6 Å². The maximum atomic E-state index is 12.9. The second-order valence-electron chi connectivity index (χ2n) is 6.88. The van der Waals surface area contributed by atoms with Crippen molar-refractivity contribution in [1.82, 2.24) is 15.5 Å². The lowest BCUT2D eigenvalue weighted by Gasteiger charge is -2.24. The topological polar surface area (TPSA) is 102 Å². The summed E-state index contributed by atoms with van der Waals surface area (Å²) >= 11 is 6.17. The fourth-order valence-corrected chi connectivity index (χ4v) is 3.91. The highest BCUT2D eigenvalue weighted by atomic mass is 35.5. The summed E-state index contributed by atoms with van der Waals surface area (Å²) in [5, 5.41) is 15.0. The van der Waals surface area contributed by atoms with Gasteiger partial charge in [0, 0.05) is 10.6 Å². The number of carbonyl (C=O) groups excluding carboxylic acids is 3. The standard InChI is InChI=1S/C18H19ClN4O3/c1-17(12-6-2-3-7-13(12)19)15(25)23(16(26)22-17)10-14(24)21-18(11-20)8-4-5-9-18/h2-3,6-7H,4-5,8-10H2,1H3,(H,21,24)(H,22,26). The number of imide groups is 1. The van der Waals surface area contributed by atoms with E-state index in [1.807, 2.05) is 0 Å². The second-order valence-corrected chi connectivity index (χ2v) is 7.28. The van der Waals surface area contributed by atoms with Crippen LogP contribution in [0.1, 0.15) is 38.2 Å². The number of halogens is 1. The van der Waals surface area contributed by atoms with Crippen LogP contribution in [0.5, 0.6) is 0 Å². The van der Waals surface area contributed by atoms with Crippen molar-refractivity contribution in [2.24, 2.45) is 0 Å². The number of hydrogen-bond acceptors (Lipinski definition) is 4. The van der Waals surface area contributed by atoms with Gasteiger partial charge in [0.15, 0.2) is 0 Å². The molecule has 2 fully saturated rings. The molecule has 3 rings (SSSR count). The molecule has 0 radical (unpaired) electrons. The lowest BCUT2D eigenvalue weighted by Crippen LogP contribution is -2.50. The zero-order valence-corrected chi connectivity index (χ0v) is 15.1. The molecule has 1 heterocycles. The highest BCUT2D eigenvalue weighted by molar-refractivity contribution is 6.32. The number of nitriles is 1. The Bertz CT molecular complexity index is 813. The van der Waals surface area contributed by atoms with Gasteiger partial charge < -0.3 is 10.6 Å². The predicted molar refractivity (Wildman–Crippen MR) is 94.0 cm³/mol. The van der Waals surface area contributed by atoms with Gasteiger partial charge in [-0.25, -0.2) is 4.79 Å². The molecule has 1 aliphatic carbocycles. The molecule has 2 N–H and O–H groups in total. The Morgan fingerprint density at radius 2 is 2.00 bits per heavy atom. The van der Waals surface area contributed by atoms with E-state index in [-0.39, 0.29) is 0 Å². The summed E-state index contributed by atoms with van der Waals surface area (Å²) in [4.78, 5) is 38.4. The Hall–Kier alpha value is -2.59. The molecule has 136 valence electrons. The van der Waals surface area contributed by atoms with Crippen molar-refractivity contribution < 1.29 is 14.4 Å². The molecule has 1 unspecified atom stereocenters. The minimum absolute atomic E-state index is 0.351. The zero-order chi connectivity index (χ0) is 18.9. The molecule has 1 saturated heterocycles. The molecule has 26 heavy (non-hydrogen) atoms. The van der Waals surface area contributed by atoms with E-state index < -0.39 is 35.5 Å². The first-order chi connectivity index (χ1) is 12.3. The minimum atomic E-state index is -1.34. The summed E-state index contributed by atoms with van der Waals surface area (Å²) in [6.45, 7) is 1.12. The molecule has 1 atom stereocenters. The number of nitrogens with zero attached hydrogens (tertiary/aromatic N) is 2. The van der Waals surface area contributed by atoms with Gasteiger partial charge in [-0.15, -0.1) is 0 Å². The lowest BCUT2D eigenvalue weighted by molar-refractivity contribution is -0.135. The SMILES string of the molecule is CC1(c2ccccc2Cl)NC(=O)N(CC(=O)NC2(C#N)CCCC2)C1=O. The van der Waals surface area contributed by atoms with E-state index in [1.54, 1.807) is 31.2 Å². The summed E-state index contributed by atoms with van der Waals surface area (Å²) in [6.07, 6.45) is 2.88. The Kier molecular flexibility index (Phi) is 4.63. The summed E-state index contributed by atoms with van der Waals surface area (Å²) in [6, 6.07) is 8.23. The van der Waals surface area contributed by atoms with Crippen molar-refractivity contribution in [3.05, 3.63) is 34.9 Å². The van der Waals surface area contributed by atoms with Gasteiger partial charge >= 0.3 is 6.03 Å². The van der Waals surface area contributed by atoms with Crippen molar-refractivity contribution in [1.29, 1.82) is 5.26 Å². The minimum Gasteiger partial charge on any atom is -0.336 e. The first kappa shape index (κ1) is 18.2. The Morgan fingerprint density at radius 1 is 1.35 bits per heavy atom. The van der Waals surface area contributed by atoms with Crippen LogP contribution in [0.3, 0.4) is 0 Å². The van der Waals surface area contributed by atoms with Crippen LogP contribution in [0, 0.1) is 11.3 Å². The van der Waals surface area contributed by atoms with Crippen molar-refractivity contribution in [3.63, 3.8) is 0 Å².